The monoisotopic (exact) mass is 377 g/mol. The topological polar surface area (TPSA) is 56.2 Å². The minimum absolute atomic E-state index is 0.112. The first-order valence-electron chi connectivity index (χ1n) is 9.69. The number of aryl methyl sites for hydroxylation is 1. The van der Waals surface area contributed by atoms with Crippen LogP contribution >= 0.6 is 0 Å². The fourth-order valence-corrected chi connectivity index (χ4v) is 3.37. The van der Waals surface area contributed by atoms with Gasteiger partial charge in [-0.1, -0.05) is 43.3 Å². The molecule has 5 nitrogen and oxygen atoms in total. The van der Waals surface area contributed by atoms with E-state index < -0.39 is 0 Å². The van der Waals surface area contributed by atoms with Gasteiger partial charge in [0.25, 0.3) is 0 Å². The lowest BCUT2D eigenvalue weighted by molar-refractivity contribution is -0.116. The van der Waals surface area contributed by atoms with Crippen LogP contribution in [0.4, 0.5) is 0 Å². The second-order valence-electron chi connectivity index (χ2n) is 6.72. The molecule has 0 fully saturated rings. The Morgan fingerprint density at radius 2 is 1.93 bits per heavy atom. The lowest BCUT2D eigenvalue weighted by Gasteiger charge is -2.12. The van der Waals surface area contributed by atoms with Gasteiger partial charge >= 0.3 is 0 Å². The van der Waals surface area contributed by atoms with Gasteiger partial charge in [-0.05, 0) is 37.1 Å². The van der Waals surface area contributed by atoms with E-state index in [4.69, 9.17) is 9.72 Å². The number of fused-ring (bicyclic) bond motifs is 1. The molecular weight excluding hydrogens is 350 g/mol. The van der Waals surface area contributed by atoms with Crippen molar-refractivity contribution in [1.29, 1.82) is 0 Å². The number of unbranched alkanes of at least 4 members (excludes halogenated alkanes) is 2. The molecule has 1 N–H and O–H groups in total. The Labute approximate surface area is 166 Å². The van der Waals surface area contributed by atoms with Gasteiger partial charge in [-0.3, -0.25) is 4.79 Å². The van der Waals surface area contributed by atoms with E-state index in [9.17, 15) is 4.79 Å². The molecule has 5 heteroatoms. The summed E-state index contributed by atoms with van der Waals surface area (Å²) < 4.78 is 7.81. The highest BCUT2D eigenvalue weighted by atomic mass is 16.5. The number of carbonyl (C=O) groups is 1. The molecule has 0 aliphatic heterocycles. The maximum absolute atomic E-state index is 11.2. The van der Waals surface area contributed by atoms with E-state index >= 15 is 0 Å². The summed E-state index contributed by atoms with van der Waals surface area (Å²) in [7, 11) is 1.71. The maximum Gasteiger partial charge on any atom is 0.243 e. The lowest BCUT2D eigenvalue weighted by Crippen LogP contribution is -2.21. The first-order valence-corrected chi connectivity index (χ1v) is 9.69. The molecule has 0 aliphatic rings. The summed E-state index contributed by atoms with van der Waals surface area (Å²) in [6.07, 6.45) is 5.22. The summed E-state index contributed by atoms with van der Waals surface area (Å²) in [5, 5.41) is 2.82. The third-order valence-corrected chi connectivity index (χ3v) is 4.82. The van der Waals surface area contributed by atoms with Crippen molar-refractivity contribution in [3.8, 4) is 5.75 Å². The maximum atomic E-state index is 11.2. The van der Waals surface area contributed by atoms with Crippen molar-refractivity contribution in [2.45, 2.75) is 32.2 Å². The first-order chi connectivity index (χ1) is 13.7. The number of ether oxygens (including phenoxy) is 1. The molecule has 1 heterocycles. The van der Waals surface area contributed by atoms with Crippen LogP contribution in [0.25, 0.3) is 11.0 Å². The van der Waals surface area contributed by atoms with E-state index in [1.165, 1.54) is 6.08 Å². The highest BCUT2D eigenvalue weighted by Crippen LogP contribution is 2.23. The van der Waals surface area contributed by atoms with Gasteiger partial charge in [-0.25, -0.2) is 4.98 Å². The SMILES string of the molecule is C=CC(=O)NCCCCCc1nc2ccccc2n1Cc1ccccc1OC. The first kappa shape index (κ1) is 19.7. The number of carbonyl (C=O) groups excluding carboxylic acids is 1. The minimum Gasteiger partial charge on any atom is -0.496 e. The zero-order valence-electron chi connectivity index (χ0n) is 16.4. The number of nitrogens with one attached hydrogen (secondary N) is 1. The van der Waals surface area contributed by atoms with Crippen molar-refractivity contribution in [1.82, 2.24) is 14.9 Å². The average Bonchev–Trinajstić information content (AvgIpc) is 3.08. The highest BCUT2D eigenvalue weighted by molar-refractivity contribution is 5.86. The Morgan fingerprint density at radius 1 is 1.14 bits per heavy atom. The van der Waals surface area contributed by atoms with Gasteiger partial charge in [0.05, 0.1) is 24.7 Å². The van der Waals surface area contributed by atoms with Crippen molar-refractivity contribution in [2.24, 2.45) is 0 Å². The number of rotatable bonds is 10. The molecule has 28 heavy (non-hydrogen) atoms. The number of amides is 1. The molecule has 0 spiro atoms. The van der Waals surface area contributed by atoms with Gasteiger partial charge < -0.3 is 14.6 Å². The van der Waals surface area contributed by atoms with E-state index in [0.717, 1.165) is 60.4 Å². The molecule has 3 aromatic rings. The van der Waals surface area contributed by atoms with Gasteiger partial charge in [0, 0.05) is 18.5 Å². The molecule has 146 valence electrons. The van der Waals surface area contributed by atoms with Gasteiger partial charge in [0.15, 0.2) is 0 Å². The van der Waals surface area contributed by atoms with Gasteiger partial charge in [-0.2, -0.15) is 0 Å². The predicted molar refractivity (Wildman–Crippen MR) is 113 cm³/mol. The Kier molecular flexibility index (Phi) is 6.84. The number of benzene rings is 2. The van der Waals surface area contributed by atoms with Crippen molar-refractivity contribution < 1.29 is 9.53 Å². The highest BCUT2D eigenvalue weighted by Gasteiger charge is 2.12. The number of aromatic nitrogens is 2. The zero-order chi connectivity index (χ0) is 19.8. The van der Waals surface area contributed by atoms with E-state index in [1.807, 2.05) is 24.3 Å². The van der Waals surface area contributed by atoms with Crippen LogP contribution in [-0.2, 0) is 17.8 Å². The number of para-hydroxylation sites is 3. The standard InChI is InChI=1S/C23H27N3O2/c1-3-23(27)24-16-10-4-5-15-22-25-19-12-7-8-13-20(19)26(22)17-18-11-6-9-14-21(18)28-2/h3,6-9,11-14H,1,4-5,10,15-17H2,2H3,(H,24,27). The Morgan fingerprint density at radius 3 is 2.75 bits per heavy atom. The van der Waals surface area contributed by atoms with Crippen molar-refractivity contribution in [3.05, 3.63) is 72.6 Å². The van der Waals surface area contributed by atoms with Gasteiger partial charge in [0.2, 0.25) is 5.91 Å². The molecule has 0 radical (unpaired) electrons. The third-order valence-electron chi connectivity index (χ3n) is 4.82. The van der Waals surface area contributed by atoms with Crippen LogP contribution in [0.1, 0.15) is 30.7 Å². The quantitative estimate of drug-likeness (QED) is 0.427. The summed E-state index contributed by atoms with van der Waals surface area (Å²) >= 11 is 0. The minimum atomic E-state index is -0.112. The molecule has 0 aliphatic carbocycles. The lowest BCUT2D eigenvalue weighted by atomic mass is 10.1. The van der Waals surface area contributed by atoms with Crippen LogP contribution < -0.4 is 10.1 Å². The number of hydrogen-bond acceptors (Lipinski definition) is 3. The fraction of sp³-hybridized carbons (Fsp3) is 0.304. The van der Waals surface area contributed by atoms with Crippen LogP contribution in [0, 0.1) is 0 Å². The summed E-state index contributed by atoms with van der Waals surface area (Å²) in [6.45, 7) is 4.87. The zero-order valence-corrected chi connectivity index (χ0v) is 16.4. The molecule has 0 atom stereocenters. The van der Waals surface area contributed by atoms with Crippen LogP contribution in [0.15, 0.2) is 61.2 Å². The smallest absolute Gasteiger partial charge is 0.243 e. The van der Waals surface area contributed by atoms with Crippen molar-refractivity contribution in [3.63, 3.8) is 0 Å². The summed E-state index contributed by atoms with van der Waals surface area (Å²) in [4.78, 5) is 16.0. The van der Waals surface area contributed by atoms with Crippen LogP contribution in [-0.4, -0.2) is 29.1 Å². The van der Waals surface area contributed by atoms with E-state index in [2.05, 4.69) is 40.7 Å². The molecule has 0 unspecified atom stereocenters. The summed E-state index contributed by atoms with van der Waals surface area (Å²) in [5.41, 5.74) is 3.30. The van der Waals surface area contributed by atoms with Gasteiger partial charge in [0.1, 0.15) is 11.6 Å². The number of imidazole rings is 1. The van der Waals surface area contributed by atoms with E-state index in [-0.39, 0.29) is 5.91 Å². The molecule has 2 aromatic carbocycles. The van der Waals surface area contributed by atoms with E-state index in [0.29, 0.717) is 6.54 Å². The average molecular weight is 377 g/mol. The molecule has 0 saturated heterocycles. The molecule has 1 amide bonds. The normalized spacial score (nSPS) is 10.8. The van der Waals surface area contributed by atoms with Crippen LogP contribution in [0.5, 0.6) is 5.75 Å². The summed E-state index contributed by atoms with van der Waals surface area (Å²) in [6, 6.07) is 16.4. The van der Waals surface area contributed by atoms with Crippen molar-refractivity contribution >= 4 is 16.9 Å². The number of nitrogens with zero attached hydrogens (tertiary/aromatic N) is 2. The molecule has 0 saturated carbocycles. The Hall–Kier alpha value is -3.08. The fourth-order valence-electron chi connectivity index (χ4n) is 3.37. The number of hydrogen-bond donors (Lipinski definition) is 1. The molecule has 3 rings (SSSR count). The van der Waals surface area contributed by atoms with Crippen LogP contribution in [0.2, 0.25) is 0 Å². The largest absolute Gasteiger partial charge is 0.496 e. The van der Waals surface area contributed by atoms with E-state index in [1.54, 1.807) is 7.11 Å². The Bertz CT molecular complexity index is 946. The van der Waals surface area contributed by atoms with Crippen LogP contribution in [0.3, 0.4) is 0 Å². The predicted octanol–water partition coefficient (Wildman–Crippen LogP) is 4.11. The Balaban J connectivity index is 1.71. The molecule has 1 aromatic heterocycles. The third kappa shape index (κ3) is 4.80. The molecular formula is C23H27N3O2. The summed E-state index contributed by atoms with van der Waals surface area (Å²) in [5.74, 6) is 1.87. The molecule has 0 bridgehead atoms. The second-order valence-corrected chi connectivity index (χ2v) is 6.72. The number of methoxy groups -OCH3 is 1. The second kappa shape index (κ2) is 9.74. The van der Waals surface area contributed by atoms with Crippen molar-refractivity contribution in [2.75, 3.05) is 13.7 Å². The van der Waals surface area contributed by atoms with Gasteiger partial charge in [-0.15, -0.1) is 0 Å².